The molecule has 3 rings (SSSR count). The summed E-state index contributed by atoms with van der Waals surface area (Å²) in [4.78, 5) is 3.16. The Labute approximate surface area is 168 Å². The quantitative estimate of drug-likeness (QED) is 0.539. The number of ether oxygens (including phenoxy) is 2. The average molecular weight is 433 g/mol. The van der Waals surface area contributed by atoms with Crippen LogP contribution in [0.3, 0.4) is 0 Å². The Kier molecular flexibility index (Phi) is 6.29. The maximum atomic E-state index is 13.8. The van der Waals surface area contributed by atoms with Crippen LogP contribution >= 0.6 is 0 Å². The molecule has 1 aliphatic rings. The predicted molar refractivity (Wildman–Crippen MR) is 93.8 cm³/mol. The molecule has 0 amide bonds. The number of rotatable bonds is 4. The summed E-state index contributed by atoms with van der Waals surface area (Å²) in [6.45, 7) is 0.978. The van der Waals surface area contributed by atoms with Crippen LogP contribution in [0.2, 0.25) is 0 Å². The lowest BCUT2D eigenvalue weighted by atomic mass is 9.99. The number of hydrogen-bond acceptors (Lipinski definition) is 7. The van der Waals surface area contributed by atoms with Crippen LogP contribution in [0, 0.1) is 12.7 Å². The zero-order valence-corrected chi connectivity index (χ0v) is 15.5. The molecule has 1 fully saturated rings. The minimum absolute atomic E-state index is 0.114. The van der Waals surface area contributed by atoms with E-state index in [-0.39, 0.29) is 11.3 Å². The number of aromatic nitrogens is 1. The summed E-state index contributed by atoms with van der Waals surface area (Å²) in [6.07, 6.45) is -11.3. The van der Waals surface area contributed by atoms with Crippen LogP contribution in [0.25, 0.3) is 11.1 Å². The Morgan fingerprint density at radius 2 is 1.77 bits per heavy atom. The van der Waals surface area contributed by atoms with Crippen molar-refractivity contribution in [2.75, 3.05) is 6.61 Å². The number of pyridine rings is 1. The second-order valence-electron chi connectivity index (χ2n) is 6.85. The van der Waals surface area contributed by atoms with Crippen molar-refractivity contribution in [3.05, 3.63) is 47.5 Å². The van der Waals surface area contributed by atoms with Crippen molar-refractivity contribution in [2.45, 2.75) is 43.8 Å². The van der Waals surface area contributed by atoms with Crippen molar-refractivity contribution < 1.29 is 47.5 Å². The molecule has 0 unspecified atom stereocenters. The highest BCUT2D eigenvalue weighted by Gasteiger charge is 2.44. The summed E-state index contributed by atoms with van der Waals surface area (Å²) in [6, 6.07) is 5.09. The fourth-order valence-corrected chi connectivity index (χ4v) is 3.06. The number of alkyl halides is 3. The Morgan fingerprint density at radius 1 is 1.07 bits per heavy atom. The van der Waals surface area contributed by atoms with E-state index in [0.717, 1.165) is 12.3 Å². The largest absolute Gasteiger partial charge is 0.462 e. The Hall–Kier alpha value is -2.31. The van der Waals surface area contributed by atoms with Crippen LogP contribution in [0.1, 0.15) is 11.3 Å². The van der Waals surface area contributed by atoms with Gasteiger partial charge in [0.15, 0.2) is 11.5 Å². The van der Waals surface area contributed by atoms with Crippen LogP contribution in [0.15, 0.2) is 30.5 Å². The number of aliphatic hydroxyl groups excluding tert-OH is 4. The van der Waals surface area contributed by atoms with Gasteiger partial charge >= 0.3 is 6.18 Å². The minimum atomic E-state index is -4.90. The number of aryl methyl sites for hydroxylation is 1. The molecular weight excluding hydrogens is 414 g/mol. The van der Waals surface area contributed by atoms with Crippen LogP contribution < -0.4 is 4.74 Å². The molecule has 1 aromatic carbocycles. The van der Waals surface area contributed by atoms with Crippen molar-refractivity contribution in [1.29, 1.82) is 0 Å². The monoisotopic (exact) mass is 433 g/mol. The number of nitrogens with zero attached hydrogens (tertiary/aromatic N) is 1. The van der Waals surface area contributed by atoms with Gasteiger partial charge in [0, 0.05) is 11.8 Å². The third-order valence-electron chi connectivity index (χ3n) is 4.71. The number of halogens is 4. The van der Waals surface area contributed by atoms with Gasteiger partial charge in [-0.25, -0.2) is 9.37 Å². The molecule has 0 radical (unpaired) electrons. The van der Waals surface area contributed by atoms with Gasteiger partial charge in [0.25, 0.3) is 0 Å². The molecule has 7 nitrogen and oxygen atoms in total. The first kappa shape index (κ1) is 22.4. The minimum Gasteiger partial charge on any atom is -0.462 e. The summed E-state index contributed by atoms with van der Waals surface area (Å²) >= 11 is 0. The van der Waals surface area contributed by atoms with Gasteiger partial charge in [0.05, 0.1) is 6.61 Å². The van der Waals surface area contributed by atoms with Gasteiger partial charge in [0.2, 0.25) is 6.29 Å². The van der Waals surface area contributed by atoms with Gasteiger partial charge in [-0.1, -0.05) is 6.07 Å². The van der Waals surface area contributed by atoms with Crippen molar-refractivity contribution in [2.24, 2.45) is 0 Å². The van der Waals surface area contributed by atoms with Crippen LogP contribution in [0.4, 0.5) is 17.6 Å². The van der Waals surface area contributed by atoms with Gasteiger partial charge in [-0.05, 0) is 36.2 Å². The van der Waals surface area contributed by atoms with E-state index in [4.69, 9.17) is 9.47 Å². The highest BCUT2D eigenvalue weighted by atomic mass is 19.4. The zero-order valence-electron chi connectivity index (χ0n) is 15.5. The normalized spacial score (nSPS) is 27.2. The Morgan fingerprint density at radius 3 is 2.33 bits per heavy atom. The summed E-state index contributed by atoms with van der Waals surface area (Å²) < 4.78 is 62.6. The molecule has 0 saturated carbocycles. The first-order valence-electron chi connectivity index (χ1n) is 8.84. The molecule has 11 heteroatoms. The summed E-state index contributed by atoms with van der Waals surface area (Å²) in [7, 11) is 0. The maximum absolute atomic E-state index is 13.8. The van der Waals surface area contributed by atoms with Gasteiger partial charge < -0.3 is 29.9 Å². The third-order valence-corrected chi connectivity index (χ3v) is 4.71. The summed E-state index contributed by atoms with van der Waals surface area (Å²) in [5, 5.41) is 38.9. The van der Waals surface area contributed by atoms with E-state index >= 15 is 0 Å². The third kappa shape index (κ3) is 4.40. The molecule has 0 spiro atoms. The fraction of sp³-hybridized carbons (Fsp3) is 0.421. The lowest BCUT2D eigenvalue weighted by Crippen LogP contribution is -2.60. The van der Waals surface area contributed by atoms with E-state index in [2.05, 4.69) is 4.98 Å². The van der Waals surface area contributed by atoms with E-state index in [1.807, 2.05) is 0 Å². The molecule has 2 heterocycles. The Balaban J connectivity index is 1.81. The smallest absolute Gasteiger partial charge is 0.436 e. The van der Waals surface area contributed by atoms with E-state index in [0.29, 0.717) is 11.1 Å². The SMILES string of the molecule is Cc1cc(-c2cnc(C(F)(F)F)c(F)c2)ccc1O[C@H]1O[C@H](CO)[C@@H](O)[C@H](O)[C@@H]1O. The first-order valence-corrected chi connectivity index (χ1v) is 8.84. The standard InChI is InChI=1S/C19H19F4NO6/c1-8-4-9(10-5-11(20)17(24-6-10)19(21,22)23)2-3-12(8)29-18-16(28)15(27)14(26)13(7-25)30-18/h2-6,13-16,18,25-28H,7H2,1H3/t13-,14-,15+,16+,18+/m1/s1. The molecule has 2 aromatic rings. The van der Waals surface area contributed by atoms with Crippen LogP contribution in [-0.2, 0) is 10.9 Å². The van der Waals surface area contributed by atoms with Gasteiger partial charge in [0.1, 0.15) is 30.2 Å². The van der Waals surface area contributed by atoms with E-state index < -0.39 is 55.0 Å². The van der Waals surface area contributed by atoms with Crippen molar-refractivity contribution in [3.63, 3.8) is 0 Å². The van der Waals surface area contributed by atoms with Gasteiger partial charge in [-0.2, -0.15) is 13.2 Å². The first-order chi connectivity index (χ1) is 14.0. The average Bonchev–Trinajstić information content (AvgIpc) is 2.68. The number of benzene rings is 1. The molecule has 5 atom stereocenters. The molecule has 164 valence electrons. The number of hydrogen-bond donors (Lipinski definition) is 4. The number of aliphatic hydroxyl groups is 4. The van der Waals surface area contributed by atoms with Crippen molar-refractivity contribution >= 4 is 0 Å². The van der Waals surface area contributed by atoms with Gasteiger partial charge in [-0.3, -0.25) is 0 Å². The maximum Gasteiger partial charge on any atom is 0.436 e. The molecule has 0 bridgehead atoms. The second kappa shape index (κ2) is 8.44. The van der Waals surface area contributed by atoms with Crippen LogP contribution in [-0.4, -0.2) is 62.7 Å². The molecule has 1 aliphatic heterocycles. The van der Waals surface area contributed by atoms with Gasteiger partial charge in [-0.15, -0.1) is 0 Å². The second-order valence-corrected chi connectivity index (χ2v) is 6.85. The lowest BCUT2D eigenvalue weighted by molar-refractivity contribution is -0.277. The van der Waals surface area contributed by atoms with E-state index in [1.165, 1.54) is 18.2 Å². The zero-order chi connectivity index (χ0) is 22.2. The molecule has 1 saturated heterocycles. The molecule has 0 aliphatic carbocycles. The topological polar surface area (TPSA) is 112 Å². The fourth-order valence-electron chi connectivity index (χ4n) is 3.06. The molecule has 1 aromatic heterocycles. The van der Waals surface area contributed by atoms with E-state index in [9.17, 15) is 38.0 Å². The van der Waals surface area contributed by atoms with Crippen molar-refractivity contribution in [1.82, 2.24) is 4.98 Å². The molecule has 4 N–H and O–H groups in total. The van der Waals surface area contributed by atoms with Crippen molar-refractivity contribution in [3.8, 4) is 16.9 Å². The molecule has 30 heavy (non-hydrogen) atoms. The highest BCUT2D eigenvalue weighted by Crippen LogP contribution is 2.33. The summed E-state index contributed by atoms with van der Waals surface area (Å²) in [5.41, 5.74) is -0.660. The lowest BCUT2D eigenvalue weighted by Gasteiger charge is -2.39. The highest BCUT2D eigenvalue weighted by molar-refractivity contribution is 5.65. The molecular formula is C19H19F4NO6. The Bertz CT molecular complexity index is 907. The van der Waals surface area contributed by atoms with E-state index in [1.54, 1.807) is 6.92 Å². The van der Waals surface area contributed by atoms with Crippen LogP contribution in [0.5, 0.6) is 5.75 Å². The predicted octanol–water partition coefficient (Wildman–Crippen LogP) is 1.39. The summed E-state index contributed by atoms with van der Waals surface area (Å²) in [5.74, 6) is -1.30.